The van der Waals surface area contributed by atoms with E-state index in [2.05, 4.69) is 183 Å². The number of hydrogen-bond acceptors (Lipinski definition) is 0. The minimum atomic E-state index is -1.79. The summed E-state index contributed by atoms with van der Waals surface area (Å²) in [6, 6.07) is 58.9. The Morgan fingerprint density at radius 3 is 1.84 bits per heavy atom. The van der Waals surface area contributed by atoms with Gasteiger partial charge in [0.05, 0.1) is 8.07 Å². The first kappa shape index (κ1) is 28.5. The Balaban J connectivity index is 1.32. The molecule has 0 saturated carbocycles. The van der Waals surface area contributed by atoms with Crippen molar-refractivity contribution in [3.05, 3.63) is 174 Å². The zero-order valence-electron chi connectivity index (χ0n) is 27.8. The topological polar surface area (TPSA) is 0 Å². The first-order chi connectivity index (χ1) is 24.1. The summed E-state index contributed by atoms with van der Waals surface area (Å²) in [4.78, 5) is 0. The summed E-state index contributed by atoms with van der Waals surface area (Å²) in [6.45, 7) is 5.16. The Labute approximate surface area is 288 Å². The molecule has 2 aliphatic rings. The van der Waals surface area contributed by atoms with Crippen LogP contribution >= 0.6 is 0 Å². The van der Waals surface area contributed by atoms with Crippen LogP contribution in [0.4, 0.5) is 0 Å². The van der Waals surface area contributed by atoms with E-state index in [4.69, 9.17) is 0 Å². The Hall–Kier alpha value is -5.50. The van der Waals surface area contributed by atoms with Crippen molar-refractivity contribution in [1.82, 2.24) is 0 Å². The van der Waals surface area contributed by atoms with Crippen molar-refractivity contribution in [3.63, 3.8) is 0 Å². The summed E-state index contributed by atoms with van der Waals surface area (Å²) in [5.41, 5.74) is 9.84. The van der Waals surface area contributed by atoms with Gasteiger partial charge in [-0.2, -0.15) is 0 Å². The van der Waals surface area contributed by atoms with Gasteiger partial charge in [0, 0.05) is 5.92 Å². The van der Waals surface area contributed by atoms with Crippen molar-refractivity contribution in [2.45, 2.75) is 24.6 Å². The number of fused-ring (bicyclic) bond motifs is 7. The molecule has 0 N–H and O–H groups in total. The third kappa shape index (κ3) is 4.29. The molecule has 1 aliphatic heterocycles. The summed E-state index contributed by atoms with van der Waals surface area (Å²) in [5, 5.41) is 12.1. The Kier molecular flexibility index (Phi) is 6.25. The Morgan fingerprint density at radius 2 is 1.02 bits per heavy atom. The van der Waals surface area contributed by atoms with Gasteiger partial charge in [-0.3, -0.25) is 0 Å². The van der Waals surface area contributed by atoms with E-state index in [1.807, 2.05) is 0 Å². The minimum absolute atomic E-state index is 0.385. The van der Waals surface area contributed by atoms with Crippen molar-refractivity contribution in [1.29, 1.82) is 0 Å². The van der Waals surface area contributed by atoms with E-state index >= 15 is 0 Å². The Bertz CT molecular complexity index is 2760. The smallest absolute Gasteiger partial charge is 0.0743 e. The second kappa shape index (κ2) is 10.8. The van der Waals surface area contributed by atoms with Crippen molar-refractivity contribution < 1.29 is 0 Å². The van der Waals surface area contributed by atoms with Crippen LogP contribution in [0.2, 0.25) is 18.6 Å². The molecule has 0 fully saturated rings. The summed E-state index contributed by atoms with van der Waals surface area (Å²) in [6.07, 6.45) is 5.37. The van der Waals surface area contributed by atoms with Crippen LogP contribution in [-0.4, -0.2) is 8.07 Å². The average molecular weight is 641 g/mol. The lowest BCUT2D eigenvalue weighted by atomic mass is 9.82. The highest BCUT2D eigenvalue weighted by Gasteiger charge is 2.46. The van der Waals surface area contributed by atoms with Gasteiger partial charge >= 0.3 is 0 Å². The van der Waals surface area contributed by atoms with Gasteiger partial charge in [-0.1, -0.05) is 176 Å². The predicted octanol–water partition coefficient (Wildman–Crippen LogP) is 10.8. The van der Waals surface area contributed by atoms with Crippen LogP contribution in [0.15, 0.2) is 158 Å². The summed E-state index contributed by atoms with van der Waals surface area (Å²) in [7, 11) is -1.79. The maximum atomic E-state index is 2.71. The number of benzene rings is 8. The summed E-state index contributed by atoms with van der Waals surface area (Å²) < 4.78 is 0. The fourth-order valence-electron chi connectivity index (χ4n) is 9.17. The largest absolute Gasteiger partial charge is 0.0887 e. The molecule has 10 rings (SSSR count). The molecule has 0 radical (unpaired) electrons. The van der Waals surface area contributed by atoms with E-state index in [9.17, 15) is 0 Å². The fourth-order valence-corrected chi connectivity index (χ4v) is 12.8. The predicted molar refractivity (Wildman–Crippen MR) is 213 cm³/mol. The zero-order valence-corrected chi connectivity index (χ0v) is 28.8. The lowest BCUT2D eigenvalue weighted by Gasteiger charge is -2.29. The second-order valence-electron chi connectivity index (χ2n) is 14.5. The molecule has 0 nitrogen and oxygen atoms in total. The van der Waals surface area contributed by atoms with Gasteiger partial charge < -0.3 is 0 Å². The molecule has 0 aromatic heterocycles. The molecule has 1 heteroatoms. The molecule has 1 heterocycles. The SMILES string of the molecule is C[Si]1(C)c2ccccc2C2C=c3c(-c4cccc(-c5cccc6ccccc56)c4)c4ccccc4c(-c4ccc5ccccc5c4)c3=CC21. The number of rotatable bonds is 3. The first-order valence-corrected chi connectivity index (χ1v) is 20.6. The molecule has 49 heavy (non-hydrogen) atoms. The van der Waals surface area contributed by atoms with Crippen LogP contribution in [0.5, 0.6) is 0 Å². The van der Waals surface area contributed by atoms with Crippen LogP contribution in [0, 0.1) is 0 Å². The third-order valence-corrected chi connectivity index (χ3v) is 15.5. The van der Waals surface area contributed by atoms with Gasteiger partial charge in [-0.25, -0.2) is 0 Å². The fraction of sp³-hybridized carbons (Fsp3) is 0.0833. The van der Waals surface area contributed by atoms with Crippen molar-refractivity contribution in [3.8, 4) is 33.4 Å². The second-order valence-corrected chi connectivity index (χ2v) is 19.1. The summed E-state index contributed by atoms with van der Waals surface area (Å²) in [5.74, 6) is 0.385. The minimum Gasteiger partial charge on any atom is -0.0743 e. The van der Waals surface area contributed by atoms with E-state index in [-0.39, 0.29) is 0 Å². The van der Waals surface area contributed by atoms with Crippen molar-refractivity contribution in [2.75, 3.05) is 0 Å². The molecule has 0 saturated heterocycles. The molecular weight excluding hydrogens is 605 g/mol. The first-order valence-electron chi connectivity index (χ1n) is 17.5. The molecule has 0 spiro atoms. The third-order valence-electron chi connectivity index (χ3n) is 11.5. The van der Waals surface area contributed by atoms with E-state index < -0.39 is 8.07 Å². The average Bonchev–Trinajstić information content (AvgIpc) is 3.37. The highest BCUT2D eigenvalue weighted by Crippen LogP contribution is 2.47. The van der Waals surface area contributed by atoms with E-state index in [0.29, 0.717) is 11.5 Å². The number of hydrogen-bond donors (Lipinski definition) is 0. The van der Waals surface area contributed by atoms with E-state index in [1.54, 1.807) is 5.19 Å². The zero-order chi connectivity index (χ0) is 32.7. The maximum absolute atomic E-state index is 2.71. The van der Waals surface area contributed by atoms with Gasteiger partial charge in [0.25, 0.3) is 0 Å². The highest BCUT2D eigenvalue weighted by molar-refractivity contribution is 6.93. The molecule has 2 unspecified atom stereocenters. The molecule has 232 valence electrons. The van der Waals surface area contributed by atoms with Gasteiger partial charge in [-0.15, -0.1) is 0 Å². The normalized spacial score (nSPS) is 17.3. The summed E-state index contributed by atoms with van der Waals surface area (Å²) >= 11 is 0. The Morgan fingerprint density at radius 1 is 0.429 bits per heavy atom. The molecular formula is C48H36Si. The van der Waals surface area contributed by atoms with Gasteiger partial charge in [0.2, 0.25) is 0 Å². The van der Waals surface area contributed by atoms with Gasteiger partial charge in [0.15, 0.2) is 0 Å². The molecule has 0 amide bonds. The van der Waals surface area contributed by atoms with Crippen LogP contribution < -0.4 is 15.6 Å². The molecule has 0 bridgehead atoms. The van der Waals surface area contributed by atoms with Crippen LogP contribution in [0.1, 0.15) is 11.5 Å². The quantitative estimate of drug-likeness (QED) is 0.169. The lowest BCUT2D eigenvalue weighted by molar-refractivity contribution is 0.927. The molecule has 2 atom stereocenters. The van der Waals surface area contributed by atoms with Crippen LogP contribution in [0.25, 0.3) is 77.9 Å². The lowest BCUT2D eigenvalue weighted by Crippen LogP contribution is -2.44. The monoisotopic (exact) mass is 640 g/mol. The molecule has 8 aromatic carbocycles. The van der Waals surface area contributed by atoms with Crippen LogP contribution in [0.3, 0.4) is 0 Å². The van der Waals surface area contributed by atoms with E-state index in [0.717, 1.165) is 0 Å². The highest BCUT2D eigenvalue weighted by atomic mass is 28.3. The molecule has 1 aliphatic carbocycles. The maximum Gasteiger partial charge on any atom is 0.0887 e. The van der Waals surface area contributed by atoms with Gasteiger partial charge in [0.1, 0.15) is 0 Å². The van der Waals surface area contributed by atoms with Crippen molar-refractivity contribution in [2.24, 2.45) is 0 Å². The van der Waals surface area contributed by atoms with Crippen LogP contribution in [-0.2, 0) is 0 Å². The molecule has 8 aromatic rings. The standard InChI is InChI=1S/C48H36Si/c1-49(2)45-24-10-9-20-39(45)42-29-43-44(30-46(42)49)48(36-26-25-31-13-3-4-15-33(31)27-36)41-22-8-7-21-40(41)47(43)35-18-11-17-34(28-35)38-23-12-16-32-14-5-6-19-37(32)38/h3-30,42,46H,1-2H3. The van der Waals surface area contributed by atoms with E-state index in [1.165, 1.54) is 81.7 Å². The van der Waals surface area contributed by atoms with Gasteiger partial charge in [-0.05, 0) is 99.4 Å². The van der Waals surface area contributed by atoms with Crippen molar-refractivity contribution >= 4 is 57.7 Å².